The Kier molecular flexibility index (Phi) is 9.96. The summed E-state index contributed by atoms with van der Waals surface area (Å²) in [6, 6.07) is 11.0. The molecule has 31 heavy (non-hydrogen) atoms. The molecule has 1 saturated heterocycles. The maximum atomic E-state index is 13.7. The number of halogens is 2. The van der Waals surface area contributed by atoms with Gasteiger partial charge in [-0.1, -0.05) is 18.2 Å². The molecule has 1 amide bonds. The summed E-state index contributed by atoms with van der Waals surface area (Å²) in [4.78, 5) is 25.1. The van der Waals surface area contributed by atoms with E-state index >= 15 is 0 Å². The van der Waals surface area contributed by atoms with Crippen LogP contribution in [0.5, 0.6) is 0 Å². The van der Waals surface area contributed by atoms with E-state index in [0.717, 1.165) is 24.5 Å². The third-order valence-electron chi connectivity index (χ3n) is 5.16. The van der Waals surface area contributed by atoms with Crippen molar-refractivity contribution in [3.63, 3.8) is 0 Å². The quantitative estimate of drug-likeness (QED) is 0.335. The van der Waals surface area contributed by atoms with Gasteiger partial charge in [0.05, 0.1) is 0 Å². The fourth-order valence-corrected chi connectivity index (χ4v) is 3.32. The summed E-state index contributed by atoms with van der Waals surface area (Å²) < 4.78 is 13.7. The molecule has 0 aliphatic carbocycles. The third-order valence-corrected chi connectivity index (χ3v) is 5.16. The lowest BCUT2D eigenvalue weighted by molar-refractivity contribution is -0.131. The van der Waals surface area contributed by atoms with Gasteiger partial charge in [0.2, 0.25) is 5.91 Å². The summed E-state index contributed by atoms with van der Waals surface area (Å²) in [5.41, 5.74) is 1.46. The molecule has 1 fully saturated rings. The SMILES string of the molecule is CN=C(NCCC(=O)N1CCN(c2ccccn2)CC1)NCc1ccc(C)c(F)c1.I. The predicted molar refractivity (Wildman–Crippen MR) is 132 cm³/mol. The van der Waals surface area contributed by atoms with Gasteiger partial charge in [0.1, 0.15) is 11.6 Å². The van der Waals surface area contributed by atoms with Crippen LogP contribution < -0.4 is 15.5 Å². The van der Waals surface area contributed by atoms with E-state index in [4.69, 9.17) is 0 Å². The zero-order chi connectivity index (χ0) is 21.3. The number of carbonyl (C=O) groups is 1. The number of guanidine groups is 1. The van der Waals surface area contributed by atoms with Crippen LogP contribution in [0.3, 0.4) is 0 Å². The van der Waals surface area contributed by atoms with E-state index in [-0.39, 0.29) is 35.7 Å². The van der Waals surface area contributed by atoms with E-state index in [0.29, 0.717) is 44.1 Å². The summed E-state index contributed by atoms with van der Waals surface area (Å²) in [7, 11) is 1.67. The van der Waals surface area contributed by atoms with Crippen LogP contribution in [0.25, 0.3) is 0 Å². The Balaban J connectivity index is 0.00000341. The molecule has 3 rings (SSSR count). The highest BCUT2D eigenvalue weighted by Crippen LogP contribution is 2.13. The minimum Gasteiger partial charge on any atom is -0.356 e. The standard InChI is InChI=1S/C22H29FN6O.HI/c1-17-6-7-18(15-19(17)23)16-27-22(24-2)26-10-8-21(30)29-13-11-28(12-14-29)20-5-3-4-9-25-20;/h3-7,9,15H,8,10-14,16H2,1-2H3,(H2,24,26,27);1H. The number of nitrogens with zero attached hydrogens (tertiary/aromatic N) is 4. The first-order valence-corrected chi connectivity index (χ1v) is 10.2. The Bertz CT molecular complexity index is 872. The molecule has 1 aliphatic rings. The Morgan fingerprint density at radius 1 is 1.16 bits per heavy atom. The number of nitrogens with one attached hydrogen (secondary N) is 2. The lowest BCUT2D eigenvalue weighted by Gasteiger charge is -2.35. The van der Waals surface area contributed by atoms with Gasteiger partial charge in [-0.3, -0.25) is 9.79 Å². The van der Waals surface area contributed by atoms with Crippen LogP contribution in [0.2, 0.25) is 0 Å². The van der Waals surface area contributed by atoms with Gasteiger partial charge in [-0.25, -0.2) is 9.37 Å². The summed E-state index contributed by atoms with van der Waals surface area (Å²) in [5, 5.41) is 6.29. The molecule has 168 valence electrons. The van der Waals surface area contributed by atoms with Crippen molar-refractivity contribution in [3.8, 4) is 0 Å². The molecule has 0 atom stereocenters. The Labute approximate surface area is 200 Å². The van der Waals surface area contributed by atoms with E-state index < -0.39 is 0 Å². The zero-order valence-corrected chi connectivity index (χ0v) is 20.3. The highest BCUT2D eigenvalue weighted by Gasteiger charge is 2.21. The van der Waals surface area contributed by atoms with Gasteiger partial charge in [-0.05, 0) is 36.2 Å². The Morgan fingerprint density at radius 2 is 1.94 bits per heavy atom. The number of hydrogen-bond acceptors (Lipinski definition) is 4. The molecule has 0 saturated carbocycles. The van der Waals surface area contributed by atoms with Gasteiger partial charge in [0, 0.05) is 58.9 Å². The van der Waals surface area contributed by atoms with Crippen molar-refractivity contribution in [1.29, 1.82) is 0 Å². The molecule has 2 aromatic rings. The number of aryl methyl sites for hydroxylation is 1. The first kappa shape index (κ1) is 24.8. The maximum absolute atomic E-state index is 13.7. The molecule has 0 unspecified atom stereocenters. The summed E-state index contributed by atoms with van der Waals surface area (Å²) in [5.74, 6) is 1.45. The number of anilines is 1. The molecule has 2 heterocycles. The van der Waals surface area contributed by atoms with Crippen LogP contribution in [0.1, 0.15) is 17.5 Å². The number of carbonyl (C=O) groups excluding carboxylic acids is 1. The van der Waals surface area contributed by atoms with Crippen molar-refractivity contribution in [2.45, 2.75) is 19.9 Å². The van der Waals surface area contributed by atoms with Crippen molar-refractivity contribution in [2.75, 3.05) is 44.7 Å². The predicted octanol–water partition coefficient (Wildman–Crippen LogP) is 2.55. The highest BCUT2D eigenvalue weighted by atomic mass is 127. The fourth-order valence-electron chi connectivity index (χ4n) is 3.32. The van der Waals surface area contributed by atoms with Gasteiger partial charge < -0.3 is 20.4 Å². The number of aromatic nitrogens is 1. The second kappa shape index (κ2) is 12.4. The Morgan fingerprint density at radius 3 is 2.58 bits per heavy atom. The van der Waals surface area contributed by atoms with Gasteiger partial charge >= 0.3 is 0 Å². The Hall–Kier alpha value is -2.43. The topological polar surface area (TPSA) is 72.9 Å². The number of piperazine rings is 1. The number of rotatable bonds is 6. The second-order valence-corrected chi connectivity index (χ2v) is 7.24. The molecular weight excluding hydrogens is 510 g/mol. The monoisotopic (exact) mass is 540 g/mol. The number of hydrogen-bond donors (Lipinski definition) is 2. The highest BCUT2D eigenvalue weighted by molar-refractivity contribution is 14.0. The van der Waals surface area contributed by atoms with E-state index in [1.807, 2.05) is 29.2 Å². The fraction of sp³-hybridized carbons (Fsp3) is 0.409. The first-order valence-electron chi connectivity index (χ1n) is 10.2. The summed E-state index contributed by atoms with van der Waals surface area (Å²) >= 11 is 0. The number of benzene rings is 1. The van der Waals surface area contributed by atoms with E-state index in [1.165, 1.54) is 6.07 Å². The smallest absolute Gasteiger partial charge is 0.224 e. The van der Waals surface area contributed by atoms with Gasteiger partial charge in [0.25, 0.3) is 0 Å². The van der Waals surface area contributed by atoms with Crippen LogP contribution >= 0.6 is 24.0 Å². The van der Waals surface area contributed by atoms with Crippen LogP contribution in [0.15, 0.2) is 47.6 Å². The lowest BCUT2D eigenvalue weighted by Crippen LogP contribution is -2.49. The molecule has 2 N–H and O–H groups in total. The van der Waals surface area contributed by atoms with Crippen molar-refractivity contribution in [1.82, 2.24) is 20.5 Å². The van der Waals surface area contributed by atoms with Crippen LogP contribution in [0.4, 0.5) is 10.2 Å². The number of amides is 1. The van der Waals surface area contributed by atoms with Crippen LogP contribution in [-0.4, -0.2) is 61.5 Å². The number of aliphatic imine (C=N–C) groups is 1. The third kappa shape index (κ3) is 7.34. The van der Waals surface area contributed by atoms with Crippen molar-refractivity contribution >= 4 is 41.7 Å². The summed E-state index contributed by atoms with van der Waals surface area (Å²) in [6.45, 7) is 5.64. The van der Waals surface area contributed by atoms with Gasteiger partial charge in [-0.15, -0.1) is 24.0 Å². The largest absolute Gasteiger partial charge is 0.356 e. The average Bonchev–Trinajstić information content (AvgIpc) is 2.79. The maximum Gasteiger partial charge on any atom is 0.224 e. The molecule has 9 heteroatoms. The summed E-state index contributed by atoms with van der Waals surface area (Å²) in [6.07, 6.45) is 2.18. The average molecular weight is 540 g/mol. The van der Waals surface area contributed by atoms with Crippen molar-refractivity contribution in [2.24, 2.45) is 4.99 Å². The molecule has 0 bridgehead atoms. The molecule has 0 spiro atoms. The number of pyridine rings is 1. The van der Waals surface area contributed by atoms with Gasteiger partial charge in [-0.2, -0.15) is 0 Å². The first-order chi connectivity index (χ1) is 14.6. The van der Waals surface area contributed by atoms with E-state index in [1.54, 1.807) is 26.2 Å². The van der Waals surface area contributed by atoms with E-state index in [9.17, 15) is 9.18 Å². The van der Waals surface area contributed by atoms with Crippen LogP contribution in [0, 0.1) is 12.7 Å². The minimum absolute atomic E-state index is 0. The minimum atomic E-state index is -0.217. The van der Waals surface area contributed by atoms with Crippen molar-refractivity contribution in [3.05, 3.63) is 59.5 Å². The molecule has 7 nitrogen and oxygen atoms in total. The molecule has 1 aliphatic heterocycles. The molecule has 1 aromatic heterocycles. The van der Waals surface area contributed by atoms with Crippen molar-refractivity contribution < 1.29 is 9.18 Å². The van der Waals surface area contributed by atoms with E-state index in [2.05, 4.69) is 25.5 Å². The zero-order valence-electron chi connectivity index (χ0n) is 18.0. The normalized spacial score (nSPS) is 14.1. The molecular formula is C22H30FIN6O. The van der Waals surface area contributed by atoms with Gasteiger partial charge in [0.15, 0.2) is 5.96 Å². The second-order valence-electron chi connectivity index (χ2n) is 7.24. The lowest BCUT2D eigenvalue weighted by atomic mass is 10.1. The molecule has 0 radical (unpaired) electrons. The van der Waals surface area contributed by atoms with Crippen LogP contribution in [-0.2, 0) is 11.3 Å². The molecule has 1 aromatic carbocycles.